The van der Waals surface area contributed by atoms with Crippen molar-refractivity contribution in [2.45, 2.75) is 52.8 Å². The molecule has 2 heterocycles. The minimum atomic E-state index is -2.79. The fraction of sp³-hybridized carbons (Fsp3) is 0.367. The van der Waals surface area contributed by atoms with Gasteiger partial charge in [-0.2, -0.15) is 8.78 Å². The number of hydrogen-bond acceptors (Lipinski definition) is 3. The number of likely N-dealkylation sites (tertiary alicyclic amines) is 1. The number of rotatable bonds is 8. The summed E-state index contributed by atoms with van der Waals surface area (Å²) in [7, 11) is 0. The summed E-state index contributed by atoms with van der Waals surface area (Å²) < 4.78 is 31.6. The summed E-state index contributed by atoms with van der Waals surface area (Å²) in [5.74, 6) is 1.91. The Morgan fingerprint density at radius 2 is 1.54 bits per heavy atom. The van der Waals surface area contributed by atoms with Crippen LogP contribution in [0.2, 0.25) is 5.02 Å². The zero-order valence-corrected chi connectivity index (χ0v) is 22.0. The monoisotopic (exact) mass is 523 g/mol. The lowest BCUT2D eigenvalue weighted by atomic mass is 9.93. The van der Waals surface area contributed by atoms with Crippen LogP contribution in [0, 0.1) is 19.8 Å². The second kappa shape index (κ2) is 11.2. The van der Waals surface area contributed by atoms with E-state index in [0.717, 1.165) is 67.4 Å². The Balaban J connectivity index is 1.26. The first-order chi connectivity index (χ1) is 17.8. The van der Waals surface area contributed by atoms with E-state index in [9.17, 15) is 8.78 Å². The molecule has 37 heavy (non-hydrogen) atoms. The second-order valence-electron chi connectivity index (χ2n) is 10.1. The van der Waals surface area contributed by atoms with Crippen LogP contribution in [0.1, 0.15) is 40.9 Å². The average Bonchev–Trinajstić information content (AvgIpc) is 3.18. The molecule has 194 valence electrons. The Bertz CT molecular complexity index is 1340. The Labute approximate surface area is 221 Å². The van der Waals surface area contributed by atoms with Crippen LogP contribution in [0.15, 0.2) is 60.7 Å². The minimum absolute atomic E-state index is 0.198. The van der Waals surface area contributed by atoms with Gasteiger partial charge in [-0.05, 0) is 104 Å². The van der Waals surface area contributed by atoms with Crippen molar-refractivity contribution in [2.24, 2.45) is 5.92 Å². The van der Waals surface area contributed by atoms with Crippen LogP contribution >= 0.6 is 11.6 Å². The van der Waals surface area contributed by atoms with Gasteiger partial charge in [-0.1, -0.05) is 35.9 Å². The van der Waals surface area contributed by atoms with E-state index in [1.54, 1.807) is 12.1 Å². The fourth-order valence-electron chi connectivity index (χ4n) is 5.18. The molecule has 1 aliphatic heterocycles. The van der Waals surface area contributed by atoms with Gasteiger partial charge < -0.3 is 9.30 Å². The third kappa shape index (κ3) is 6.31. The van der Waals surface area contributed by atoms with Crippen molar-refractivity contribution >= 4 is 22.6 Å². The van der Waals surface area contributed by atoms with Gasteiger partial charge in [0.2, 0.25) is 0 Å². The molecule has 4 nitrogen and oxygen atoms in total. The molecule has 0 atom stereocenters. The van der Waals surface area contributed by atoms with Gasteiger partial charge in [0.1, 0.15) is 11.6 Å². The zero-order valence-electron chi connectivity index (χ0n) is 21.3. The van der Waals surface area contributed by atoms with Crippen LogP contribution in [0.5, 0.6) is 5.75 Å². The number of alkyl halides is 2. The van der Waals surface area contributed by atoms with Crippen LogP contribution in [0.25, 0.3) is 11.0 Å². The summed E-state index contributed by atoms with van der Waals surface area (Å²) in [6.45, 7) is 5.11. The number of aryl methyl sites for hydroxylation is 2. The molecule has 3 aromatic carbocycles. The summed E-state index contributed by atoms with van der Waals surface area (Å²) in [5, 5.41) is 0.745. The van der Waals surface area contributed by atoms with Crippen molar-refractivity contribution < 1.29 is 13.5 Å². The maximum Gasteiger partial charge on any atom is 0.387 e. The van der Waals surface area contributed by atoms with Gasteiger partial charge in [0.05, 0.1) is 11.0 Å². The number of ether oxygens (including phenoxy) is 1. The molecule has 0 unspecified atom stereocenters. The predicted octanol–water partition coefficient (Wildman–Crippen LogP) is 7.41. The Morgan fingerprint density at radius 1 is 0.919 bits per heavy atom. The lowest BCUT2D eigenvalue weighted by molar-refractivity contribution is -0.0498. The molecular weight excluding hydrogens is 492 g/mol. The Kier molecular flexibility index (Phi) is 7.77. The van der Waals surface area contributed by atoms with E-state index in [2.05, 4.69) is 52.3 Å². The topological polar surface area (TPSA) is 30.3 Å². The van der Waals surface area contributed by atoms with Crippen molar-refractivity contribution in [3.05, 3.63) is 93.8 Å². The van der Waals surface area contributed by atoms with Crippen molar-refractivity contribution in [1.82, 2.24) is 14.5 Å². The first-order valence-corrected chi connectivity index (χ1v) is 13.2. The first-order valence-electron chi connectivity index (χ1n) is 12.8. The molecule has 7 heteroatoms. The molecule has 1 saturated heterocycles. The third-order valence-electron chi connectivity index (χ3n) is 7.43. The van der Waals surface area contributed by atoms with Crippen LogP contribution in [0.3, 0.4) is 0 Å². The van der Waals surface area contributed by atoms with Crippen LogP contribution < -0.4 is 4.74 Å². The highest BCUT2D eigenvalue weighted by Crippen LogP contribution is 2.28. The van der Waals surface area contributed by atoms with E-state index in [1.165, 1.54) is 22.2 Å². The van der Waals surface area contributed by atoms with Gasteiger partial charge in [0.25, 0.3) is 0 Å². The number of piperidine rings is 1. The number of hydrogen-bond donors (Lipinski definition) is 0. The highest BCUT2D eigenvalue weighted by atomic mass is 35.5. The molecule has 0 spiro atoms. The fourth-order valence-corrected chi connectivity index (χ4v) is 5.30. The highest BCUT2D eigenvalue weighted by Gasteiger charge is 2.23. The largest absolute Gasteiger partial charge is 0.435 e. The molecule has 1 aliphatic rings. The molecule has 0 saturated carbocycles. The lowest BCUT2D eigenvalue weighted by Gasteiger charge is -2.32. The molecule has 0 amide bonds. The zero-order chi connectivity index (χ0) is 25.9. The SMILES string of the molecule is Cc1cc2nc(CC3CCN(Cc4ccc(OC(F)F)cc4)CC3)n(Cc3ccc(Cl)cc3)c2cc1C. The lowest BCUT2D eigenvalue weighted by Crippen LogP contribution is -2.34. The number of imidazole rings is 1. The van der Waals surface area contributed by atoms with Gasteiger partial charge in [-0.3, -0.25) is 4.90 Å². The Hall–Kier alpha value is -2.96. The van der Waals surface area contributed by atoms with Gasteiger partial charge in [-0.25, -0.2) is 4.98 Å². The first kappa shape index (κ1) is 25.7. The normalized spacial score (nSPS) is 15.1. The number of fused-ring (bicyclic) bond motifs is 1. The standard InChI is InChI=1S/C30H32ClF2N3O/c1-20-15-27-28(16-21(20)2)36(19-24-3-7-25(31)8-4-24)29(34-27)17-22-11-13-35(14-12-22)18-23-5-9-26(10-6-23)37-30(32)33/h3-10,15-16,22,30H,11-14,17-19H2,1-2H3. The number of halogens is 3. The van der Waals surface area contributed by atoms with E-state index in [-0.39, 0.29) is 5.75 Å². The van der Waals surface area contributed by atoms with Crippen LogP contribution in [-0.2, 0) is 19.5 Å². The minimum Gasteiger partial charge on any atom is -0.435 e. The van der Waals surface area contributed by atoms with Gasteiger partial charge in [0, 0.05) is 24.5 Å². The molecule has 5 rings (SSSR count). The van der Waals surface area contributed by atoms with E-state index < -0.39 is 6.61 Å². The molecule has 0 aliphatic carbocycles. The van der Waals surface area contributed by atoms with Gasteiger partial charge >= 0.3 is 6.61 Å². The molecule has 1 fully saturated rings. The maximum absolute atomic E-state index is 12.4. The summed E-state index contributed by atoms with van der Waals surface area (Å²) in [5.41, 5.74) is 7.10. The highest BCUT2D eigenvalue weighted by molar-refractivity contribution is 6.30. The van der Waals surface area contributed by atoms with Crippen molar-refractivity contribution in [3.63, 3.8) is 0 Å². The summed E-state index contributed by atoms with van der Waals surface area (Å²) in [4.78, 5) is 7.53. The third-order valence-corrected chi connectivity index (χ3v) is 7.68. The van der Waals surface area contributed by atoms with Gasteiger partial charge in [-0.15, -0.1) is 0 Å². The average molecular weight is 524 g/mol. The molecule has 4 aromatic rings. The smallest absolute Gasteiger partial charge is 0.387 e. The van der Waals surface area contributed by atoms with Crippen LogP contribution in [0.4, 0.5) is 8.78 Å². The quantitative estimate of drug-likeness (QED) is 0.241. The Morgan fingerprint density at radius 3 is 2.22 bits per heavy atom. The summed E-state index contributed by atoms with van der Waals surface area (Å²) >= 11 is 6.12. The van der Waals surface area contributed by atoms with Crippen molar-refractivity contribution in [2.75, 3.05) is 13.1 Å². The van der Waals surface area contributed by atoms with Gasteiger partial charge in [0.15, 0.2) is 0 Å². The summed E-state index contributed by atoms with van der Waals surface area (Å²) in [6, 6.07) is 19.5. The van der Waals surface area contributed by atoms with Crippen LogP contribution in [-0.4, -0.2) is 34.2 Å². The molecule has 0 N–H and O–H groups in total. The predicted molar refractivity (Wildman–Crippen MR) is 145 cm³/mol. The second-order valence-corrected chi connectivity index (χ2v) is 10.5. The van der Waals surface area contributed by atoms with E-state index in [4.69, 9.17) is 16.6 Å². The molecular formula is C30H32ClF2N3O. The van der Waals surface area contributed by atoms with E-state index in [0.29, 0.717) is 5.92 Å². The number of nitrogens with zero attached hydrogens (tertiary/aromatic N) is 3. The molecule has 1 aromatic heterocycles. The maximum atomic E-state index is 12.4. The van der Waals surface area contributed by atoms with E-state index >= 15 is 0 Å². The molecule has 0 bridgehead atoms. The summed E-state index contributed by atoms with van der Waals surface area (Å²) in [6.07, 6.45) is 3.16. The van der Waals surface area contributed by atoms with E-state index in [1.807, 2.05) is 24.3 Å². The van der Waals surface area contributed by atoms with Crippen molar-refractivity contribution in [3.8, 4) is 5.75 Å². The molecule has 0 radical (unpaired) electrons. The number of benzene rings is 3. The number of aromatic nitrogens is 2. The van der Waals surface area contributed by atoms with Crippen molar-refractivity contribution in [1.29, 1.82) is 0 Å².